The number of carbonyl (C=O) groups excluding carboxylic acids is 2. The predicted octanol–water partition coefficient (Wildman–Crippen LogP) is 4.98. The van der Waals surface area contributed by atoms with Gasteiger partial charge in [-0.15, -0.1) is 16.4 Å². The maximum Gasteiger partial charge on any atom is 0.244 e. The predicted molar refractivity (Wildman–Crippen MR) is 133 cm³/mol. The molecule has 3 heterocycles. The normalized spacial score (nSPS) is 13.7. The Hall–Kier alpha value is -2.44. The Morgan fingerprint density at radius 1 is 1.24 bits per heavy atom. The molecule has 4 rings (SSSR count). The summed E-state index contributed by atoms with van der Waals surface area (Å²) in [6.07, 6.45) is 5.05. The molecule has 180 valence electrons. The second-order valence-corrected chi connectivity index (χ2v) is 12.5. The van der Waals surface area contributed by atoms with Crippen LogP contribution in [-0.4, -0.2) is 45.6 Å². The van der Waals surface area contributed by atoms with Crippen LogP contribution in [0.2, 0.25) is 0 Å². The van der Waals surface area contributed by atoms with Crippen LogP contribution < -0.4 is 5.32 Å². The molecule has 3 aromatic heterocycles. The number of thiophene rings is 1. The lowest BCUT2D eigenvalue weighted by Crippen LogP contribution is -2.11. The molecule has 1 aliphatic carbocycles. The summed E-state index contributed by atoms with van der Waals surface area (Å²) in [5, 5.41) is 7.51. The summed E-state index contributed by atoms with van der Waals surface area (Å²) in [4.78, 5) is 32.5. The second-order valence-electron chi connectivity index (χ2n) is 8.27. The number of nitrogens with one attached hydrogen (secondary N) is 1. The Morgan fingerprint density at radius 3 is 2.68 bits per heavy atom. The van der Waals surface area contributed by atoms with E-state index in [4.69, 9.17) is 0 Å². The van der Waals surface area contributed by atoms with Gasteiger partial charge in [-0.2, -0.15) is 0 Å². The number of Topliss-reactive ketones (excluding diaryl/α,β-unsaturated/α-hetero) is 1. The SMILES string of the molecule is CC(=O)CCCCS(=O)(=O)c1ccc(-c2ncc(Br)c(Nc3cc(C4CC4)n(C(C)=O)n3)n2)s1. The first-order valence-corrected chi connectivity index (χ1v) is 14.1. The fourth-order valence-corrected chi connectivity index (χ4v) is 6.50. The van der Waals surface area contributed by atoms with Crippen LogP contribution in [0.25, 0.3) is 10.7 Å². The molecular formula is C22H24BrN5O4S2. The summed E-state index contributed by atoms with van der Waals surface area (Å²) in [7, 11) is -3.44. The van der Waals surface area contributed by atoms with Crippen molar-refractivity contribution in [2.45, 2.75) is 56.1 Å². The van der Waals surface area contributed by atoms with Crippen LogP contribution in [0.4, 0.5) is 11.6 Å². The van der Waals surface area contributed by atoms with Gasteiger partial charge in [0.05, 0.1) is 20.8 Å². The highest BCUT2D eigenvalue weighted by Gasteiger charge is 2.29. The Bertz CT molecular complexity index is 1350. The number of rotatable bonds is 10. The number of ketones is 1. The van der Waals surface area contributed by atoms with Gasteiger partial charge in [0.25, 0.3) is 0 Å². The first-order chi connectivity index (χ1) is 16.1. The summed E-state index contributed by atoms with van der Waals surface area (Å²) in [6, 6.07) is 5.11. The molecule has 0 bridgehead atoms. The van der Waals surface area contributed by atoms with Gasteiger partial charge in [-0.1, -0.05) is 0 Å². The van der Waals surface area contributed by atoms with Gasteiger partial charge in [-0.25, -0.2) is 23.1 Å². The average Bonchev–Trinajstić information content (AvgIpc) is 3.32. The number of carbonyl (C=O) groups is 2. The van der Waals surface area contributed by atoms with Crippen molar-refractivity contribution in [2.75, 3.05) is 11.1 Å². The molecule has 1 N–H and O–H groups in total. The van der Waals surface area contributed by atoms with Gasteiger partial charge in [0.15, 0.2) is 21.5 Å². The first-order valence-electron chi connectivity index (χ1n) is 10.9. The van der Waals surface area contributed by atoms with E-state index in [1.807, 2.05) is 6.07 Å². The van der Waals surface area contributed by atoms with Crippen molar-refractivity contribution in [3.05, 3.63) is 34.6 Å². The first kappa shape index (κ1) is 24.7. The van der Waals surface area contributed by atoms with E-state index in [0.29, 0.717) is 52.0 Å². The van der Waals surface area contributed by atoms with Gasteiger partial charge >= 0.3 is 0 Å². The van der Waals surface area contributed by atoms with E-state index in [-0.39, 0.29) is 21.7 Å². The summed E-state index contributed by atoms with van der Waals surface area (Å²) in [6.45, 7) is 2.98. The molecule has 0 unspecified atom stereocenters. The number of hydrogen-bond acceptors (Lipinski definition) is 9. The molecule has 3 aromatic rings. The Morgan fingerprint density at radius 2 is 2.00 bits per heavy atom. The molecule has 0 spiro atoms. The summed E-state index contributed by atoms with van der Waals surface area (Å²) < 4.78 is 27.6. The number of anilines is 2. The Balaban J connectivity index is 1.52. The van der Waals surface area contributed by atoms with E-state index in [2.05, 4.69) is 36.3 Å². The third-order valence-corrected chi connectivity index (χ3v) is 9.36. The van der Waals surface area contributed by atoms with Crippen LogP contribution in [-0.2, 0) is 14.6 Å². The maximum atomic E-state index is 12.7. The van der Waals surface area contributed by atoms with Gasteiger partial charge in [0.2, 0.25) is 5.91 Å². The fourth-order valence-electron chi connectivity index (χ4n) is 3.45. The van der Waals surface area contributed by atoms with Gasteiger partial charge < -0.3 is 10.1 Å². The molecule has 0 atom stereocenters. The second kappa shape index (κ2) is 10.0. The van der Waals surface area contributed by atoms with Crippen molar-refractivity contribution in [3.63, 3.8) is 0 Å². The molecule has 34 heavy (non-hydrogen) atoms. The summed E-state index contributed by atoms with van der Waals surface area (Å²) >= 11 is 4.55. The zero-order valence-electron chi connectivity index (χ0n) is 18.7. The van der Waals surface area contributed by atoms with E-state index in [0.717, 1.165) is 29.9 Å². The van der Waals surface area contributed by atoms with E-state index in [1.54, 1.807) is 18.3 Å². The Kier molecular flexibility index (Phi) is 7.29. The quantitative estimate of drug-likeness (QED) is 0.341. The van der Waals surface area contributed by atoms with E-state index in [9.17, 15) is 18.0 Å². The minimum atomic E-state index is -3.44. The minimum Gasteiger partial charge on any atom is -0.322 e. The van der Waals surface area contributed by atoms with Crippen LogP contribution >= 0.6 is 27.3 Å². The minimum absolute atomic E-state index is 0.00360. The summed E-state index contributed by atoms with van der Waals surface area (Å²) in [5.41, 5.74) is 0.886. The third kappa shape index (κ3) is 5.78. The topological polar surface area (TPSA) is 124 Å². The molecule has 1 saturated carbocycles. The number of nitrogens with zero attached hydrogens (tertiary/aromatic N) is 4. The summed E-state index contributed by atoms with van der Waals surface area (Å²) in [5.74, 6) is 1.60. The number of aromatic nitrogens is 4. The average molecular weight is 567 g/mol. The molecule has 0 radical (unpaired) electrons. The molecule has 0 amide bonds. The largest absolute Gasteiger partial charge is 0.322 e. The van der Waals surface area contributed by atoms with Gasteiger partial charge in [-0.3, -0.25) is 4.79 Å². The highest BCUT2D eigenvalue weighted by molar-refractivity contribution is 9.10. The number of hydrogen-bond donors (Lipinski definition) is 1. The fraction of sp³-hybridized carbons (Fsp3) is 0.409. The highest BCUT2D eigenvalue weighted by Crippen LogP contribution is 2.41. The van der Waals surface area contributed by atoms with Crippen molar-refractivity contribution in [3.8, 4) is 10.7 Å². The Labute approximate surface area is 210 Å². The number of sulfone groups is 1. The van der Waals surface area contributed by atoms with Gasteiger partial charge in [0.1, 0.15) is 15.8 Å². The zero-order valence-corrected chi connectivity index (χ0v) is 22.0. The van der Waals surface area contributed by atoms with Crippen LogP contribution in [0.5, 0.6) is 0 Å². The molecule has 0 aromatic carbocycles. The molecular weight excluding hydrogens is 542 g/mol. The molecule has 1 fully saturated rings. The third-order valence-electron chi connectivity index (χ3n) is 5.32. The maximum absolute atomic E-state index is 12.7. The van der Waals surface area contributed by atoms with Gasteiger partial charge in [0, 0.05) is 31.5 Å². The molecule has 0 saturated heterocycles. The lowest BCUT2D eigenvalue weighted by Gasteiger charge is -2.06. The van der Waals surface area contributed by atoms with Crippen molar-refractivity contribution < 1.29 is 18.0 Å². The molecule has 1 aliphatic rings. The lowest BCUT2D eigenvalue weighted by atomic mass is 10.2. The van der Waals surface area contributed by atoms with Crippen molar-refractivity contribution in [1.82, 2.24) is 19.7 Å². The van der Waals surface area contributed by atoms with Gasteiger partial charge in [-0.05, 0) is 60.7 Å². The molecule has 9 nitrogen and oxygen atoms in total. The van der Waals surface area contributed by atoms with E-state index in [1.165, 1.54) is 18.5 Å². The molecule has 0 aliphatic heterocycles. The van der Waals surface area contributed by atoms with Crippen LogP contribution in [0.3, 0.4) is 0 Å². The van der Waals surface area contributed by atoms with E-state index < -0.39 is 9.84 Å². The number of unbranched alkanes of at least 4 members (excludes halogenated alkanes) is 1. The van der Waals surface area contributed by atoms with E-state index >= 15 is 0 Å². The van der Waals surface area contributed by atoms with Crippen molar-refractivity contribution >= 4 is 60.4 Å². The van der Waals surface area contributed by atoms with Crippen LogP contribution in [0, 0.1) is 0 Å². The number of halogens is 1. The standard InChI is InChI=1S/C22H24BrN5O4S2/c1-13(29)5-3-4-10-34(31,32)20-9-8-18(33-20)22-24-12-16(23)21(26-22)25-19-11-17(15-6-7-15)28(27-19)14(2)30/h8-9,11-12,15H,3-7,10H2,1-2H3,(H,24,25,26,27). The lowest BCUT2D eigenvalue weighted by molar-refractivity contribution is -0.117. The molecule has 12 heteroatoms. The van der Waals surface area contributed by atoms with Crippen molar-refractivity contribution in [2.24, 2.45) is 0 Å². The van der Waals surface area contributed by atoms with Crippen LogP contribution in [0.1, 0.15) is 62.4 Å². The zero-order chi connectivity index (χ0) is 24.5. The monoisotopic (exact) mass is 565 g/mol. The van der Waals surface area contributed by atoms with Crippen LogP contribution in [0.15, 0.2) is 33.1 Å². The smallest absolute Gasteiger partial charge is 0.244 e. The van der Waals surface area contributed by atoms with Crippen molar-refractivity contribution in [1.29, 1.82) is 0 Å². The highest BCUT2D eigenvalue weighted by atomic mass is 79.9.